The van der Waals surface area contributed by atoms with Gasteiger partial charge in [0.15, 0.2) is 6.61 Å². The Hall–Kier alpha value is -2.63. The third kappa shape index (κ3) is 4.94. The highest BCUT2D eigenvalue weighted by Gasteiger charge is 2.19. The zero-order valence-corrected chi connectivity index (χ0v) is 15.7. The molecular formula is C20H26N4O2. The van der Waals surface area contributed by atoms with E-state index in [2.05, 4.69) is 27.1 Å². The second-order valence-electron chi connectivity index (χ2n) is 7.02. The molecule has 1 amide bonds. The molecule has 1 aliphatic heterocycles. The number of carbonyl (C=O) groups excluding carboxylic acids is 1. The van der Waals surface area contributed by atoms with Gasteiger partial charge in [0.05, 0.1) is 0 Å². The SMILES string of the molecule is Cc1ccc(NC(=O)COc2cc(C)nc(N3CCC(C)CC3)n2)cc1. The second-order valence-corrected chi connectivity index (χ2v) is 7.02. The van der Waals surface area contributed by atoms with Crippen molar-refractivity contribution in [2.45, 2.75) is 33.6 Å². The summed E-state index contributed by atoms with van der Waals surface area (Å²) in [6, 6.07) is 9.41. The van der Waals surface area contributed by atoms with Gasteiger partial charge in [-0.2, -0.15) is 4.98 Å². The molecule has 6 nitrogen and oxygen atoms in total. The summed E-state index contributed by atoms with van der Waals surface area (Å²) in [5, 5.41) is 2.82. The zero-order chi connectivity index (χ0) is 18.5. The van der Waals surface area contributed by atoms with E-state index in [4.69, 9.17) is 4.74 Å². The lowest BCUT2D eigenvalue weighted by Crippen LogP contribution is -2.34. The normalized spacial score (nSPS) is 15.0. The van der Waals surface area contributed by atoms with Crippen LogP contribution in [0, 0.1) is 19.8 Å². The molecule has 2 aromatic rings. The number of anilines is 2. The molecule has 1 N–H and O–H groups in total. The Morgan fingerprint density at radius 3 is 2.58 bits per heavy atom. The van der Waals surface area contributed by atoms with Crippen molar-refractivity contribution in [1.82, 2.24) is 9.97 Å². The largest absolute Gasteiger partial charge is 0.467 e. The molecule has 0 radical (unpaired) electrons. The molecule has 0 aliphatic carbocycles. The molecular weight excluding hydrogens is 328 g/mol. The van der Waals surface area contributed by atoms with Crippen LogP contribution < -0.4 is 15.0 Å². The van der Waals surface area contributed by atoms with Crippen molar-refractivity contribution in [2.75, 3.05) is 29.9 Å². The van der Waals surface area contributed by atoms with E-state index in [1.807, 2.05) is 38.1 Å². The first-order valence-electron chi connectivity index (χ1n) is 9.09. The Bertz CT molecular complexity index is 753. The second kappa shape index (κ2) is 8.17. The van der Waals surface area contributed by atoms with Gasteiger partial charge in [-0.1, -0.05) is 24.6 Å². The Morgan fingerprint density at radius 2 is 1.88 bits per heavy atom. The molecule has 3 rings (SSSR count). The Kier molecular flexibility index (Phi) is 5.71. The average Bonchev–Trinajstić information content (AvgIpc) is 2.62. The smallest absolute Gasteiger partial charge is 0.262 e. The van der Waals surface area contributed by atoms with Gasteiger partial charge in [0.1, 0.15) is 0 Å². The summed E-state index contributed by atoms with van der Waals surface area (Å²) in [5.74, 6) is 1.66. The van der Waals surface area contributed by atoms with Gasteiger partial charge < -0.3 is 15.0 Å². The van der Waals surface area contributed by atoms with E-state index >= 15 is 0 Å². The molecule has 0 saturated carbocycles. The Balaban J connectivity index is 1.59. The lowest BCUT2D eigenvalue weighted by Gasteiger charge is -2.30. The summed E-state index contributed by atoms with van der Waals surface area (Å²) in [6.07, 6.45) is 2.29. The van der Waals surface area contributed by atoms with E-state index in [0.717, 1.165) is 48.8 Å². The summed E-state index contributed by atoms with van der Waals surface area (Å²) in [4.78, 5) is 23.3. The third-order valence-corrected chi connectivity index (χ3v) is 4.57. The maximum absolute atomic E-state index is 12.1. The number of rotatable bonds is 5. The molecule has 0 spiro atoms. The summed E-state index contributed by atoms with van der Waals surface area (Å²) < 4.78 is 5.61. The van der Waals surface area contributed by atoms with Crippen LogP contribution in [0.15, 0.2) is 30.3 Å². The number of benzene rings is 1. The van der Waals surface area contributed by atoms with Crippen LogP contribution in [0.2, 0.25) is 0 Å². The van der Waals surface area contributed by atoms with Crippen LogP contribution in [-0.2, 0) is 4.79 Å². The maximum atomic E-state index is 12.1. The van der Waals surface area contributed by atoms with E-state index < -0.39 is 0 Å². The molecule has 2 heterocycles. The number of hydrogen-bond donors (Lipinski definition) is 1. The molecule has 0 atom stereocenters. The molecule has 1 aromatic carbocycles. The highest BCUT2D eigenvalue weighted by Crippen LogP contribution is 2.22. The zero-order valence-electron chi connectivity index (χ0n) is 15.7. The van der Waals surface area contributed by atoms with Crippen LogP contribution in [-0.4, -0.2) is 35.6 Å². The van der Waals surface area contributed by atoms with E-state index in [9.17, 15) is 4.79 Å². The van der Waals surface area contributed by atoms with Crippen LogP contribution in [0.5, 0.6) is 5.88 Å². The van der Waals surface area contributed by atoms with Crippen LogP contribution in [0.1, 0.15) is 31.0 Å². The van der Waals surface area contributed by atoms with Crippen LogP contribution in [0.3, 0.4) is 0 Å². The number of piperidine rings is 1. The molecule has 138 valence electrons. The maximum Gasteiger partial charge on any atom is 0.262 e. The number of nitrogens with one attached hydrogen (secondary N) is 1. The van der Waals surface area contributed by atoms with E-state index in [0.29, 0.717) is 11.8 Å². The molecule has 0 bridgehead atoms. The molecule has 1 fully saturated rings. The van der Waals surface area contributed by atoms with Gasteiger partial charge in [0.25, 0.3) is 5.91 Å². The molecule has 1 aromatic heterocycles. The highest BCUT2D eigenvalue weighted by molar-refractivity contribution is 5.91. The van der Waals surface area contributed by atoms with Crippen LogP contribution in [0.25, 0.3) is 0 Å². The fraction of sp³-hybridized carbons (Fsp3) is 0.450. The monoisotopic (exact) mass is 354 g/mol. The lowest BCUT2D eigenvalue weighted by atomic mass is 10.00. The quantitative estimate of drug-likeness (QED) is 0.892. The van der Waals surface area contributed by atoms with Crippen molar-refractivity contribution >= 4 is 17.5 Å². The summed E-state index contributed by atoms with van der Waals surface area (Å²) in [5.41, 5.74) is 2.74. The van der Waals surface area contributed by atoms with E-state index in [1.54, 1.807) is 6.07 Å². The van der Waals surface area contributed by atoms with Crippen molar-refractivity contribution in [1.29, 1.82) is 0 Å². The van der Waals surface area contributed by atoms with E-state index in [1.165, 1.54) is 0 Å². The number of amides is 1. The first kappa shape index (κ1) is 18.2. The van der Waals surface area contributed by atoms with Gasteiger partial charge in [-0.05, 0) is 44.7 Å². The lowest BCUT2D eigenvalue weighted by molar-refractivity contribution is -0.118. The predicted molar refractivity (Wildman–Crippen MR) is 103 cm³/mol. The number of hydrogen-bond acceptors (Lipinski definition) is 5. The number of aryl methyl sites for hydroxylation is 2. The standard InChI is InChI=1S/C20H26N4O2/c1-14-4-6-17(7-5-14)22-18(25)13-26-19-12-16(3)21-20(23-19)24-10-8-15(2)9-11-24/h4-7,12,15H,8-11,13H2,1-3H3,(H,22,25). The van der Waals surface area contributed by atoms with Crippen molar-refractivity contribution in [3.63, 3.8) is 0 Å². The van der Waals surface area contributed by atoms with Gasteiger partial charge in [0.2, 0.25) is 11.8 Å². The van der Waals surface area contributed by atoms with Gasteiger partial charge in [0, 0.05) is 30.5 Å². The van der Waals surface area contributed by atoms with Gasteiger partial charge in [-0.3, -0.25) is 4.79 Å². The van der Waals surface area contributed by atoms with Gasteiger partial charge in [-0.25, -0.2) is 4.98 Å². The number of carbonyl (C=O) groups is 1. The highest BCUT2D eigenvalue weighted by atomic mass is 16.5. The molecule has 6 heteroatoms. The minimum atomic E-state index is -0.210. The Morgan fingerprint density at radius 1 is 1.19 bits per heavy atom. The summed E-state index contributed by atoms with van der Waals surface area (Å²) in [6.45, 7) is 8.02. The molecule has 1 aliphatic rings. The van der Waals surface area contributed by atoms with Crippen molar-refractivity contribution < 1.29 is 9.53 Å². The minimum Gasteiger partial charge on any atom is -0.467 e. The number of nitrogens with zero attached hydrogens (tertiary/aromatic N) is 3. The minimum absolute atomic E-state index is 0.0825. The third-order valence-electron chi connectivity index (χ3n) is 4.57. The fourth-order valence-corrected chi connectivity index (χ4v) is 2.92. The van der Waals surface area contributed by atoms with Crippen molar-refractivity contribution in [3.05, 3.63) is 41.6 Å². The molecule has 1 saturated heterocycles. The number of ether oxygens (including phenoxy) is 1. The molecule has 26 heavy (non-hydrogen) atoms. The Labute approximate surface area is 154 Å². The average molecular weight is 354 g/mol. The summed E-state index contributed by atoms with van der Waals surface area (Å²) >= 11 is 0. The first-order valence-corrected chi connectivity index (χ1v) is 9.09. The van der Waals surface area contributed by atoms with Crippen LogP contribution >= 0.6 is 0 Å². The first-order chi connectivity index (χ1) is 12.5. The fourth-order valence-electron chi connectivity index (χ4n) is 2.92. The van der Waals surface area contributed by atoms with Crippen molar-refractivity contribution in [3.8, 4) is 5.88 Å². The van der Waals surface area contributed by atoms with E-state index in [-0.39, 0.29) is 12.5 Å². The number of aromatic nitrogens is 2. The predicted octanol–water partition coefficient (Wildman–Crippen LogP) is 3.35. The topological polar surface area (TPSA) is 67.3 Å². The molecule has 0 unspecified atom stereocenters. The van der Waals surface area contributed by atoms with Crippen LogP contribution in [0.4, 0.5) is 11.6 Å². The van der Waals surface area contributed by atoms with Gasteiger partial charge >= 0.3 is 0 Å². The van der Waals surface area contributed by atoms with Crippen molar-refractivity contribution in [2.24, 2.45) is 5.92 Å². The summed E-state index contributed by atoms with van der Waals surface area (Å²) in [7, 11) is 0. The van der Waals surface area contributed by atoms with Gasteiger partial charge in [-0.15, -0.1) is 0 Å².